The average molecular weight is 325 g/mol. The van der Waals surface area contributed by atoms with Crippen molar-refractivity contribution in [2.75, 3.05) is 18.4 Å². The van der Waals surface area contributed by atoms with E-state index < -0.39 is 0 Å². The molecule has 0 unspecified atom stereocenters. The van der Waals surface area contributed by atoms with Crippen LogP contribution in [0.2, 0.25) is 0 Å². The molecule has 1 N–H and O–H groups in total. The van der Waals surface area contributed by atoms with Gasteiger partial charge in [0.15, 0.2) is 0 Å². The second-order valence-corrected chi connectivity index (χ2v) is 5.84. The minimum Gasteiger partial charge on any atom is -0.353 e. The quantitative estimate of drug-likeness (QED) is 0.844. The number of hydrogen-bond donors (Lipinski definition) is 1. The van der Waals surface area contributed by atoms with Crippen molar-refractivity contribution in [1.29, 1.82) is 0 Å². The molecule has 0 radical (unpaired) electrons. The third kappa shape index (κ3) is 4.96. The predicted octanol–water partition coefficient (Wildman–Crippen LogP) is 2.55. The Labute approximate surface area is 123 Å². The number of halogens is 1. The van der Waals surface area contributed by atoms with Crippen molar-refractivity contribution in [3.8, 4) is 0 Å². The van der Waals surface area contributed by atoms with E-state index in [4.69, 9.17) is 0 Å². The van der Waals surface area contributed by atoms with Gasteiger partial charge in [0.05, 0.1) is 0 Å². The van der Waals surface area contributed by atoms with E-state index in [1.165, 1.54) is 5.56 Å². The summed E-state index contributed by atoms with van der Waals surface area (Å²) < 4.78 is 0. The number of alkyl halides is 1. The number of nitrogens with zero attached hydrogens (tertiary/aromatic N) is 1. The fourth-order valence-corrected chi connectivity index (χ4v) is 2.82. The third-order valence-electron chi connectivity index (χ3n) is 3.52. The molecule has 0 spiro atoms. The maximum Gasteiger partial charge on any atom is 0.221 e. The Kier molecular flexibility index (Phi) is 5.86. The lowest BCUT2D eigenvalue weighted by Crippen LogP contribution is -2.44. The molecule has 0 aromatic heterocycles. The zero-order valence-electron chi connectivity index (χ0n) is 11.1. The van der Waals surface area contributed by atoms with E-state index in [1.807, 2.05) is 0 Å². The van der Waals surface area contributed by atoms with Crippen molar-refractivity contribution in [1.82, 2.24) is 10.2 Å². The molecule has 0 aliphatic carbocycles. The first kappa shape index (κ1) is 14.5. The number of piperidine rings is 1. The van der Waals surface area contributed by atoms with Crippen LogP contribution in [0.25, 0.3) is 0 Å². The van der Waals surface area contributed by atoms with Crippen molar-refractivity contribution in [3.63, 3.8) is 0 Å². The highest BCUT2D eigenvalue weighted by Crippen LogP contribution is 2.13. The molecule has 4 heteroatoms. The Morgan fingerprint density at radius 2 is 1.95 bits per heavy atom. The molecular weight excluding hydrogens is 304 g/mol. The summed E-state index contributed by atoms with van der Waals surface area (Å²) in [6, 6.07) is 10.9. The number of likely N-dealkylation sites (tertiary alicyclic amines) is 1. The van der Waals surface area contributed by atoms with E-state index in [-0.39, 0.29) is 5.91 Å². The maximum atomic E-state index is 11.5. The number of carbonyl (C=O) groups excluding carboxylic acids is 1. The number of amides is 1. The second-order valence-electron chi connectivity index (χ2n) is 5.04. The van der Waals surface area contributed by atoms with Crippen LogP contribution in [0, 0.1) is 0 Å². The summed E-state index contributed by atoms with van der Waals surface area (Å²) in [6.07, 6.45) is 2.69. The van der Waals surface area contributed by atoms with Gasteiger partial charge in [0.2, 0.25) is 5.91 Å². The molecule has 1 aromatic rings. The van der Waals surface area contributed by atoms with Crippen LogP contribution < -0.4 is 5.32 Å². The van der Waals surface area contributed by atoms with Gasteiger partial charge >= 0.3 is 0 Å². The lowest BCUT2D eigenvalue weighted by Gasteiger charge is -2.32. The van der Waals surface area contributed by atoms with Crippen molar-refractivity contribution in [3.05, 3.63) is 35.9 Å². The minimum atomic E-state index is 0.165. The van der Waals surface area contributed by atoms with E-state index in [9.17, 15) is 4.79 Å². The van der Waals surface area contributed by atoms with Crippen molar-refractivity contribution in [2.24, 2.45) is 0 Å². The van der Waals surface area contributed by atoms with Gasteiger partial charge in [0.25, 0.3) is 0 Å². The van der Waals surface area contributed by atoms with Crippen LogP contribution in [0.4, 0.5) is 0 Å². The predicted molar refractivity (Wildman–Crippen MR) is 81.3 cm³/mol. The normalized spacial score (nSPS) is 17.3. The Hall–Kier alpha value is -0.870. The van der Waals surface area contributed by atoms with Gasteiger partial charge < -0.3 is 5.32 Å². The van der Waals surface area contributed by atoms with Gasteiger partial charge in [-0.1, -0.05) is 46.3 Å². The summed E-state index contributed by atoms with van der Waals surface area (Å²) in [5.41, 5.74) is 1.37. The smallest absolute Gasteiger partial charge is 0.221 e. The van der Waals surface area contributed by atoms with Crippen LogP contribution in [0.15, 0.2) is 30.3 Å². The molecule has 0 saturated carbocycles. The lowest BCUT2D eigenvalue weighted by atomic mass is 10.0. The molecule has 104 valence electrons. The first-order chi connectivity index (χ1) is 9.28. The largest absolute Gasteiger partial charge is 0.353 e. The molecule has 1 aromatic carbocycles. The Balaban J connectivity index is 1.72. The van der Waals surface area contributed by atoms with Gasteiger partial charge in [-0.3, -0.25) is 9.69 Å². The maximum absolute atomic E-state index is 11.5. The van der Waals surface area contributed by atoms with Crippen molar-refractivity contribution in [2.45, 2.75) is 31.8 Å². The molecule has 1 amide bonds. The fraction of sp³-hybridized carbons (Fsp3) is 0.533. The highest BCUT2D eigenvalue weighted by atomic mass is 79.9. The lowest BCUT2D eigenvalue weighted by molar-refractivity contribution is -0.121. The first-order valence-corrected chi connectivity index (χ1v) is 8.01. The molecule has 1 aliphatic rings. The number of benzene rings is 1. The molecular formula is C15H21BrN2O. The average Bonchev–Trinajstić information content (AvgIpc) is 2.42. The molecule has 1 fully saturated rings. The Morgan fingerprint density at radius 3 is 2.58 bits per heavy atom. The SMILES string of the molecule is O=C(CCBr)NC1CCN(Cc2ccccc2)CC1. The number of hydrogen-bond acceptors (Lipinski definition) is 2. The summed E-state index contributed by atoms with van der Waals surface area (Å²) in [7, 11) is 0. The zero-order valence-corrected chi connectivity index (χ0v) is 12.7. The highest BCUT2D eigenvalue weighted by molar-refractivity contribution is 9.09. The van der Waals surface area contributed by atoms with Gasteiger partial charge in [0, 0.05) is 37.4 Å². The van der Waals surface area contributed by atoms with E-state index in [2.05, 4.69) is 56.5 Å². The monoisotopic (exact) mass is 324 g/mol. The van der Waals surface area contributed by atoms with Gasteiger partial charge in [-0.15, -0.1) is 0 Å². The molecule has 1 aliphatic heterocycles. The Morgan fingerprint density at radius 1 is 1.26 bits per heavy atom. The molecule has 19 heavy (non-hydrogen) atoms. The van der Waals surface area contributed by atoms with Gasteiger partial charge in [-0.25, -0.2) is 0 Å². The standard InChI is InChI=1S/C15H21BrN2O/c16-9-6-15(19)17-14-7-10-18(11-8-14)12-13-4-2-1-3-5-13/h1-5,14H,6-12H2,(H,17,19). The second kappa shape index (κ2) is 7.65. The van der Waals surface area contributed by atoms with Gasteiger partial charge in [-0.05, 0) is 18.4 Å². The fourth-order valence-electron chi connectivity index (χ4n) is 2.46. The van der Waals surface area contributed by atoms with Crippen molar-refractivity contribution >= 4 is 21.8 Å². The molecule has 1 heterocycles. The summed E-state index contributed by atoms with van der Waals surface area (Å²) in [4.78, 5) is 14.0. The molecule has 3 nitrogen and oxygen atoms in total. The molecule has 1 saturated heterocycles. The van der Waals surface area contributed by atoms with E-state index >= 15 is 0 Å². The summed E-state index contributed by atoms with van der Waals surface area (Å²) in [6.45, 7) is 3.14. The minimum absolute atomic E-state index is 0.165. The van der Waals surface area contributed by atoms with Crippen LogP contribution in [0.5, 0.6) is 0 Å². The van der Waals surface area contributed by atoms with E-state index in [0.717, 1.165) is 37.8 Å². The van der Waals surface area contributed by atoms with Crippen molar-refractivity contribution < 1.29 is 4.79 Å². The van der Waals surface area contributed by atoms with E-state index in [0.29, 0.717) is 12.5 Å². The first-order valence-electron chi connectivity index (χ1n) is 6.89. The number of rotatable bonds is 5. The van der Waals surface area contributed by atoms with Crippen LogP contribution in [-0.2, 0) is 11.3 Å². The summed E-state index contributed by atoms with van der Waals surface area (Å²) in [5, 5.41) is 3.85. The zero-order chi connectivity index (χ0) is 13.5. The van der Waals surface area contributed by atoms with Crippen LogP contribution in [-0.4, -0.2) is 35.3 Å². The number of nitrogens with one attached hydrogen (secondary N) is 1. The summed E-state index contributed by atoms with van der Waals surface area (Å²) >= 11 is 3.29. The Bertz CT molecular complexity index is 388. The van der Waals surface area contributed by atoms with Crippen LogP contribution in [0.3, 0.4) is 0 Å². The van der Waals surface area contributed by atoms with Crippen LogP contribution in [0.1, 0.15) is 24.8 Å². The third-order valence-corrected chi connectivity index (χ3v) is 3.92. The van der Waals surface area contributed by atoms with Crippen LogP contribution >= 0.6 is 15.9 Å². The highest BCUT2D eigenvalue weighted by Gasteiger charge is 2.20. The number of carbonyl (C=O) groups is 1. The molecule has 0 bridgehead atoms. The van der Waals surface area contributed by atoms with E-state index in [1.54, 1.807) is 0 Å². The topological polar surface area (TPSA) is 32.3 Å². The van der Waals surface area contributed by atoms with Gasteiger partial charge in [0.1, 0.15) is 0 Å². The summed E-state index contributed by atoms with van der Waals surface area (Å²) in [5.74, 6) is 0.165. The van der Waals surface area contributed by atoms with Gasteiger partial charge in [-0.2, -0.15) is 0 Å². The molecule has 2 rings (SSSR count). The molecule has 0 atom stereocenters.